The third kappa shape index (κ3) is 2.71. The van der Waals surface area contributed by atoms with Crippen molar-refractivity contribution < 1.29 is 13.2 Å². The van der Waals surface area contributed by atoms with E-state index in [2.05, 4.69) is 0 Å². The number of sulfone groups is 1. The van der Waals surface area contributed by atoms with Crippen LogP contribution in [-0.4, -0.2) is 14.2 Å². The fourth-order valence-corrected chi connectivity index (χ4v) is 3.46. The SMILES string of the molecule is O=C1C(c2ccccc2)=CS(=O)(=O)C=C1c1ccccc1. The van der Waals surface area contributed by atoms with E-state index in [1.165, 1.54) is 0 Å². The molecule has 1 heterocycles. The first-order chi connectivity index (χ1) is 10.1. The lowest BCUT2D eigenvalue weighted by atomic mass is 9.94. The minimum atomic E-state index is -3.56. The van der Waals surface area contributed by atoms with Gasteiger partial charge in [-0.05, 0) is 11.1 Å². The third-order valence-corrected chi connectivity index (χ3v) is 4.35. The highest BCUT2D eigenvalue weighted by atomic mass is 32.2. The zero-order valence-electron chi connectivity index (χ0n) is 11.1. The van der Waals surface area contributed by atoms with Crippen LogP contribution in [0, 0.1) is 0 Å². The van der Waals surface area contributed by atoms with Crippen LogP contribution in [0.2, 0.25) is 0 Å². The largest absolute Gasteiger partial charge is 0.289 e. The van der Waals surface area contributed by atoms with Gasteiger partial charge in [-0.2, -0.15) is 0 Å². The van der Waals surface area contributed by atoms with Crippen LogP contribution in [0.5, 0.6) is 0 Å². The van der Waals surface area contributed by atoms with E-state index in [9.17, 15) is 13.2 Å². The van der Waals surface area contributed by atoms with Gasteiger partial charge in [0.25, 0.3) is 0 Å². The highest BCUT2D eigenvalue weighted by Gasteiger charge is 2.26. The third-order valence-electron chi connectivity index (χ3n) is 3.22. The van der Waals surface area contributed by atoms with Crippen molar-refractivity contribution in [3.05, 3.63) is 82.6 Å². The summed E-state index contributed by atoms with van der Waals surface area (Å²) in [6.07, 6.45) is 0. The Hall–Kier alpha value is -2.46. The lowest BCUT2D eigenvalue weighted by Crippen LogP contribution is -2.13. The number of benzene rings is 2. The molecule has 1 aliphatic rings. The molecule has 0 saturated carbocycles. The van der Waals surface area contributed by atoms with Gasteiger partial charge in [-0.15, -0.1) is 0 Å². The standard InChI is InChI=1S/C17H12O3S/c18-17-15(13-7-3-1-4-8-13)11-21(19,20)12-16(17)14-9-5-2-6-10-14/h1-12H. The van der Waals surface area contributed by atoms with Crippen molar-refractivity contribution in [3.63, 3.8) is 0 Å². The Morgan fingerprint density at radius 3 is 1.38 bits per heavy atom. The van der Waals surface area contributed by atoms with Gasteiger partial charge in [-0.25, -0.2) is 8.42 Å². The Bertz CT molecular complexity index is 780. The number of ketones is 1. The normalized spacial score (nSPS) is 17.0. The van der Waals surface area contributed by atoms with Crippen LogP contribution in [0.1, 0.15) is 11.1 Å². The molecule has 3 rings (SSSR count). The monoisotopic (exact) mass is 296 g/mol. The van der Waals surface area contributed by atoms with E-state index in [0.29, 0.717) is 11.1 Å². The number of Topliss-reactive ketones (excluding diaryl/α,β-unsaturated/α-hetero) is 1. The molecule has 21 heavy (non-hydrogen) atoms. The minimum absolute atomic E-state index is 0.206. The Labute approximate surface area is 123 Å². The smallest absolute Gasteiger partial charge is 0.195 e. The topological polar surface area (TPSA) is 51.2 Å². The molecule has 4 heteroatoms. The van der Waals surface area contributed by atoms with Crippen LogP contribution >= 0.6 is 0 Å². The second-order valence-corrected chi connectivity index (χ2v) is 6.36. The van der Waals surface area contributed by atoms with Gasteiger partial charge >= 0.3 is 0 Å². The van der Waals surface area contributed by atoms with Gasteiger partial charge in [-0.1, -0.05) is 60.7 Å². The summed E-state index contributed by atoms with van der Waals surface area (Å²) in [6.45, 7) is 0. The van der Waals surface area contributed by atoms with Crippen LogP contribution in [0.4, 0.5) is 0 Å². The van der Waals surface area contributed by atoms with Gasteiger partial charge < -0.3 is 0 Å². The predicted molar refractivity (Wildman–Crippen MR) is 82.8 cm³/mol. The first kappa shape index (κ1) is 13.5. The minimum Gasteiger partial charge on any atom is -0.289 e. The van der Waals surface area contributed by atoms with E-state index in [-0.39, 0.29) is 16.9 Å². The van der Waals surface area contributed by atoms with E-state index in [1.807, 2.05) is 12.1 Å². The molecule has 0 radical (unpaired) electrons. The summed E-state index contributed by atoms with van der Waals surface area (Å²) in [5.74, 6) is -0.276. The Morgan fingerprint density at radius 2 is 1.00 bits per heavy atom. The molecular formula is C17H12O3S. The molecule has 104 valence electrons. The number of carbonyl (C=O) groups is 1. The summed E-state index contributed by atoms with van der Waals surface area (Å²) in [5, 5.41) is 2.08. The van der Waals surface area contributed by atoms with Crippen molar-refractivity contribution in [2.75, 3.05) is 0 Å². The maximum absolute atomic E-state index is 12.6. The highest BCUT2D eigenvalue weighted by molar-refractivity contribution is 7.97. The highest BCUT2D eigenvalue weighted by Crippen LogP contribution is 2.31. The Balaban J connectivity index is 2.15. The summed E-state index contributed by atoms with van der Waals surface area (Å²) in [6, 6.07) is 17.7. The molecule has 0 spiro atoms. The number of hydrogen-bond donors (Lipinski definition) is 0. The molecule has 0 aromatic heterocycles. The van der Waals surface area contributed by atoms with Crippen molar-refractivity contribution in [1.29, 1.82) is 0 Å². The quantitative estimate of drug-likeness (QED) is 0.855. The fourth-order valence-electron chi connectivity index (χ4n) is 2.25. The molecule has 2 aromatic carbocycles. The Morgan fingerprint density at radius 1 is 0.619 bits per heavy atom. The van der Waals surface area contributed by atoms with E-state index < -0.39 is 9.84 Å². The molecule has 2 aromatic rings. The second kappa shape index (κ2) is 5.14. The van der Waals surface area contributed by atoms with Gasteiger partial charge in [0, 0.05) is 22.0 Å². The van der Waals surface area contributed by atoms with Gasteiger partial charge in [0.1, 0.15) is 0 Å². The maximum atomic E-state index is 12.6. The van der Waals surface area contributed by atoms with E-state index in [4.69, 9.17) is 0 Å². The van der Waals surface area contributed by atoms with Crippen LogP contribution in [0.15, 0.2) is 71.5 Å². The van der Waals surface area contributed by atoms with Crippen LogP contribution < -0.4 is 0 Å². The summed E-state index contributed by atoms with van der Waals surface area (Å²) < 4.78 is 24.1. The molecule has 0 unspecified atom stereocenters. The van der Waals surface area contributed by atoms with Crippen molar-refractivity contribution in [3.8, 4) is 0 Å². The van der Waals surface area contributed by atoms with Crippen molar-refractivity contribution in [2.24, 2.45) is 0 Å². The van der Waals surface area contributed by atoms with Gasteiger partial charge in [0.2, 0.25) is 0 Å². The summed E-state index contributed by atoms with van der Waals surface area (Å²) in [5.41, 5.74) is 1.62. The second-order valence-electron chi connectivity index (χ2n) is 4.71. The fraction of sp³-hybridized carbons (Fsp3) is 0. The van der Waals surface area contributed by atoms with Crippen LogP contribution in [0.3, 0.4) is 0 Å². The van der Waals surface area contributed by atoms with E-state index in [1.54, 1.807) is 48.5 Å². The molecular weight excluding hydrogens is 284 g/mol. The molecule has 0 saturated heterocycles. The van der Waals surface area contributed by atoms with Crippen molar-refractivity contribution in [1.82, 2.24) is 0 Å². The van der Waals surface area contributed by atoms with Gasteiger partial charge in [0.05, 0.1) is 0 Å². The molecule has 0 N–H and O–H groups in total. The molecule has 0 bridgehead atoms. The van der Waals surface area contributed by atoms with E-state index >= 15 is 0 Å². The molecule has 0 fully saturated rings. The lowest BCUT2D eigenvalue weighted by Gasteiger charge is -2.14. The Kier molecular flexibility index (Phi) is 3.31. The first-order valence-corrected chi connectivity index (χ1v) is 8.02. The molecule has 0 aliphatic carbocycles. The first-order valence-electron chi connectivity index (χ1n) is 6.41. The van der Waals surface area contributed by atoms with Gasteiger partial charge in [-0.3, -0.25) is 4.79 Å². The molecule has 1 aliphatic heterocycles. The van der Waals surface area contributed by atoms with Crippen molar-refractivity contribution >= 4 is 26.8 Å². The number of allylic oxidation sites excluding steroid dienone is 2. The van der Waals surface area contributed by atoms with Crippen molar-refractivity contribution in [2.45, 2.75) is 0 Å². The summed E-state index contributed by atoms with van der Waals surface area (Å²) >= 11 is 0. The lowest BCUT2D eigenvalue weighted by molar-refractivity contribution is -0.108. The summed E-state index contributed by atoms with van der Waals surface area (Å²) in [4.78, 5) is 12.6. The predicted octanol–water partition coefficient (Wildman–Crippen LogP) is 3.07. The van der Waals surface area contributed by atoms with Crippen LogP contribution in [-0.2, 0) is 14.6 Å². The van der Waals surface area contributed by atoms with E-state index in [0.717, 1.165) is 10.8 Å². The zero-order valence-corrected chi connectivity index (χ0v) is 11.9. The maximum Gasteiger partial charge on any atom is 0.195 e. The summed E-state index contributed by atoms with van der Waals surface area (Å²) in [7, 11) is -3.56. The number of rotatable bonds is 2. The zero-order chi connectivity index (χ0) is 14.9. The van der Waals surface area contributed by atoms with Gasteiger partial charge in [0.15, 0.2) is 15.6 Å². The number of carbonyl (C=O) groups excluding carboxylic acids is 1. The van der Waals surface area contributed by atoms with Crippen LogP contribution in [0.25, 0.3) is 11.1 Å². The molecule has 0 atom stereocenters. The average molecular weight is 296 g/mol. The average Bonchev–Trinajstić information content (AvgIpc) is 2.51. The molecule has 0 amide bonds. The molecule has 3 nitrogen and oxygen atoms in total. The number of hydrogen-bond acceptors (Lipinski definition) is 3.